The first-order chi connectivity index (χ1) is 11.0. The van der Waals surface area contributed by atoms with Crippen molar-refractivity contribution in [2.24, 2.45) is 0 Å². The third-order valence-corrected chi connectivity index (χ3v) is 5.31. The molecule has 0 bridgehead atoms. The first kappa shape index (κ1) is 16.4. The van der Waals surface area contributed by atoms with Gasteiger partial charge in [0.15, 0.2) is 4.77 Å². The largest absolute Gasteiger partial charge is 0.272 e. The van der Waals surface area contributed by atoms with E-state index in [0.717, 1.165) is 33.9 Å². The number of benzene rings is 1. The summed E-state index contributed by atoms with van der Waals surface area (Å²) in [5, 5.41) is 12.4. The van der Waals surface area contributed by atoms with Crippen LogP contribution in [0.2, 0.25) is 5.02 Å². The number of nitrogens with zero attached hydrogens (tertiary/aromatic N) is 4. The van der Waals surface area contributed by atoms with E-state index in [4.69, 9.17) is 23.8 Å². The minimum Gasteiger partial charge on any atom is -0.272 e. The molecule has 0 spiro atoms. The standard InChI is InChI=1S/C15H15BrClN5S/c1-9-14(16)10(2)21(20-9)7-6-13-18-19-15(23)22(13)12-5-3-4-11(17)8-12/h3-5,8H,6-7H2,1-2H3,(H,19,23). The second-order valence-corrected chi connectivity index (χ2v) is 6.83. The van der Waals surface area contributed by atoms with E-state index < -0.39 is 0 Å². The molecular formula is C15H15BrClN5S. The molecule has 2 aromatic heterocycles. The van der Waals surface area contributed by atoms with Gasteiger partial charge in [0.1, 0.15) is 5.82 Å². The number of aromatic amines is 1. The van der Waals surface area contributed by atoms with E-state index in [0.29, 0.717) is 16.2 Å². The van der Waals surface area contributed by atoms with Crippen LogP contribution in [0.5, 0.6) is 0 Å². The molecule has 1 aromatic carbocycles. The van der Waals surface area contributed by atoms with E-state index in [-0.39, 0.29) is 0 Å². The number of H-pyrrole nitrogens is 1. The first-order valence-corrected chi connectivity index (χ1v) is 8.67. The molecule has 0 saturated heterocycles. The number of rotatable bonds is 4. The van der Waals surface area contributed by atoms with Crippen LogP contribution in [0, 0.1) is 18.6 Å². The molecule has 0 radical (unpaired) electrons. The maximum Gasteiger partial charge on any atom is 0.199 e. The van der Waals surface area contributed by atoms with Crippen LogP contribution in [0.25, 0.3) is 5.69 Å². The van der Waals surface area contributed by atoms with Crippen molar-refractivity contribution in [3.05, 3.63) is 55.7 Å². The summed E-state index contributed by atoms with van der Waals surface area (Å²) in [6.45, 7) is 4.74. The fourth-order valence-corrected chi connectivity index (χ4v) is 3.20. The molecule has 3 rings (SSSR count). The number of nitrogens with one attached hydrogen (secondary N) is 1. The Balaban J connectivity index is 1.90. The van der Waals surface area contributed by atoms with Crippen molar-refractivity contribution in [1.29, 1.82) is 0 Å². The highest BCUT2D eigenvalue weighted by Gasteiger charge is 2.12. The summed E-state index contributed by atoms with van der Waals surface area (Å²) in [4.78, 5) is 0. The van der Waals surface area contributed by atoms with Gasteiger partial charge in [0.2, 0.25) is 0 Å². The van der Waals surface area contributed by atoms with Gasteiger partial charge in [0.05, 0.1) is 15.9 Å². The lowest BCUT2D eigenvalue weighted by Gasteiger charge is -2.08. The predicted molar refractivity (Wildman–Crippen MR) is 96.9 cm³/mol. The van der Waals surface area contributed by atoms with Crippen molar-refractivity contribution >= 4 is 39.7 Å². The van der Waals surface area contributed by atoms with Crippen molar-refractivity contribution in [1.82, 2.24) is 24.5 Å². The molecule has 23 heavy (non-hydrogen) atoms. The molecule has 5 nitrogen and oxygen atoms in total. The molecular weight excluding hydrogens is 398 g/mol. The smallest absolute Gasteiger partial charge is 0.199 e. The van der Waals surface area contributed by atoms with Crippen molar-refractivity contribution in [3.8, 4) is 5.69 Å². The van der Waals surface area contributed by atoms with Crippen molar-refractivity contribution in [2.75, 3.05) is 0 Å². The number of aryl methyl sites for hydroxylation is 3. The first-order valence-electron chi connectivity index (χ1n) is 7.09. The second-order valence-electron chi connectivity index (χ2n) is 5.22. The summed E-state index contributed by atoms with van der Waals surface area (Å²) in [5.74, 6) is 0.848. The zero-order valence-electron chi connectivity index (χ0n) is 12.7. The summed E-state index contributed by atoms with van der Waals surface area (Å²) in [6.07, 6.45) is 0.702. The molecule has 3 aromatic rings. The molecule has 0 aliphatic rings. The molecule has 0 unspecified atom stereocenters. The lowest BCUT2D eigenvalue weighted by atomic mass is 10.3. The van der Waals surface area contributed by atoms with Gasteiger partial charge in [-0.1, -0.05) is 17.7 Å². The lowest BCUT2D eigenvalue weighted by Crippen LogP contribution is -2.09. The van der Waals surface area contributed by atoms with Gasteiger partial charge < -0.3 is 0 Å². The average molecular weight is 413 g/mol. The highest BCUT2D eigenvalue weighted by molar-refractivity contribution is 9.10. The van der Waals surface area contributed by atoms with Crippen molar-refractivity contribution in [3.63, 3.8) is 0 Å². The Kier molecular flexibility index (Phi) is 4.70. The van der Waals surface area contributed by atoms with E-state index in [1.54, 1.807) is 0 Å². The molecule has 0 aliphatic heterocycles. The van der Waals surface area contributed by atoms with E-state index in [1.807, 2.05) is 47.4 Å². The van der Waals surface area contributed by atoms with E-state index >= 15 is 0 Å². The Hall–Kier alpha value is -1.44. The topological polar surface area (TPSA) is 51.4 Å². The lowest BCUT2D eigenvalue weighted by molar-refractivity contribution is 0.577. The Bertz CT molecular complexity index is 911. The van der Waals surface area contributed by atoms with Crippen LogP contribution in [0.1, 0.15) is 17.2 Å². The normalized spacial score (nSPS) is 11.1. The summed E-state index contributed by atoms with van der Waals surface area (Å²) in [6, 6.07) is 7.56. The monoisotopic (exact) mass is 411 g/mol. The zero-order chi connectivity index (χ0) is 16.6. The quantitative estimate of drug-likeness (QED) is 0.646. The fourth-order valence-electron chi connectivity index (χ4n) is 2.48. The number of halogens is 2. The highest BCUT2D eigenvalue weighted by atomic mass is 79.9. The highest BCUT2D eigenvalue weighted by Crippen LogP contribution is 2.21. The van der Waals surface area contributed by atoms with Crippen LogP contribution in [0.3, 0.4) is 0 Å². The molecule has 8 heteroatoms. The molecule has 0 aliphatic carbocycles. The molecule has 0 amide bonds. The van der Waals surface area contributed by atoms with Crippen molar-refractivity contribution < 1.29 is 0 Å². The zero-order valence-corrected chi connectivity index (χ0v) is 15.8. The third kappa shape index (κ3) is 3.27. The van der Waals surface area contributed by atoms with Gasteiger partial charge in [-0.3, -0.25) is 14.3 Å². The van der Waals surface area contributed by atoms with E-state index in [9.17, 15) is 0 Å². The minimum atomic E-state index is 0.553. The fraction of sp³-hybridized carbons (Fsp3) is 0.267. The predicted octanol–water partition coefficient (Wildman–Crippen LogP) is 4.40. The Morgan fingerprint density at radius 1 is 1.35 bits per heavy atom. The molecule has 0 fully saturated rings. The third-order valence-electron chi connectivity index (χ3n) is 3.65. The van der Waals surface area contributed by atoms with Gasteiger partial charge >= 0.3 is 0 Å². The van der Waals surface area contributed by atoms with Gasteiger partial charge in [0, 0.05) is 23.7 Å². The Labute approximate surface area is 152 Å². The van der Waals surface area contributed by atoms with Crippen LogP contribution >= 0.6 is 39.7 Å². The van der Waals surface area contributed by atoms with Crippen LogP contribution in [-0.2, 0) is 13.0 Å². The Morgan fingerprint density at radius 3 is 2.78 bits per heavy atom. The summed E-state index contributed by atoms with van der Waals surface area (Å²) in [5.41, 5.74) is 2.99. The molecule has 0 atom stereocenters. The summed E-state index contributed by atoms with van der Waals surface area (Å²) >= 11 is 15.0. The van der Waals surface area contributed by atoms with Gasteiger partial charge in [0.25, 0.3) is 0 Å². The summed E-state index contributed by atoms with van der Waals surface area (Å²) in [7, 11) is 0. The van der Waals surface area contributed by atoms with Crippen LogP contribution in [0.15, 0.2) is 28.7 Å². The van der Waals surface area contributed by atoms with Crippen molar-refractivity contribution in [2.45, 2.75) is 26.8 Å². The molecule has 0 saturated carbocycles. The van der Waals surface area contributed by atoms with Gasteiger partial charge in [-0.2, -0.15) is 10.2 Å². The molecule has 2 heterocycles. The maximum absolute atomic E-state index is 6.08. The SMILES string of the molecule is Cc1nn(CCc2n[nH]c(=S)n2-c2cccc(Cl)c2)c(C)c1Br. The summed E-state index contributed by atoms with van der Waals surface area (Å²) < 4.78 is 5.48. The second kappa shape index (κ2) is 6.59. The van der Waals surface area contributed by atoms with E-state index in [2.05, 4.69) is 31.2 Å². The van der Waals surface area contributed by atoms with Gasteiger partial charge in [-0.25, -0.2) is 0 Å². The van der Waals surface area contributed by atoms with Crippen LogP contribution in [-0.4, -0.2) is 24.5 Å². The Morgan fingerprint density at radius 2 is 2.13 bits per heavy atom. The van der Waals surface area contributed by atoms with E-state index in [1.165, 1.54) is 0 Å². The molecule has 1 N–H and O–H groups in total. The number of hydrogen-bond acceptors (Lipinski definition) is 3. The number of aromatic nitrogens is 5. The minimum absolute atomic E-state index is 0.553. The average Bonchev–Trinajstić information content (AvgIpc) is 3.00. The van der Waals surface area contributed by atoms with Crippen LogP contribution < -0.4 is 0 Å². The van der Waals surface area contributed by atoms with Gasteiger partial charge in [-0.05, 0) is 60.2 Å². The van der Waals surface area contributed by atoms with Gasteiger partial charge in [-0.15, -0.1) is 0 Å². The molecule has 120 valence electrons. The maximum atomic E-state index is 6.08. The number of hydrogen-bond donors (Lipinski definition) is 1. The van der Waals surface area contributed by atoms with Crippen LogP contribution in [0.4, 0.5) is 0 Å².